The Labute approximate surface area is 114 Å². The van der Waals surface area contributed by atoms with Gasteiger partial charge in [-0.05, 0) is 29.9 Å². The van der Waals surface area contributed by atoms with Crippen molar-refractivity contribution in [1.82, 2.24) is 5.32 Å². The summed E-state index contributed by atoms with van der Waals surface area (Å²) in [6.07, 6.45) is 2.35. The molecule has 0 aliphatic carbocycles. The smallest absolute Gasteiger partial charge is 0.224 e. The lowest BCUT2D eigenvalue weighted by Crippen LogP contribution is -2.39. The summed E-state index contributed by atoms with van der Waals surface area (Å²) in [5.41, 5.74) is 7.56. The van der Waals surface area contributed by atoms with Gasteiger partial charge in [0, 0.05) is 25.4 Å². The summed E-state index contributed by atoms with van der Waals surface area (Å²) >= 11 is 0. The Morgan fingerprint density at radius 3 is 2.74 bits per heavy atom. The maximum absolute atomic E-state index is 12.0. The van der Waals surface area contributed by atoms with Crippen molar-refractivity contribution in [1.29, 1.82) is 0 Å². The van der Waals surface area contributed by atoms with Gasteiger partial charge in [-0.3, -0.25) is 4.79 Å². The van der Waals surface area contributed by atoms with E-state index in [0.717, 1.165) is 31.6 Å². The van der Waals surface area contributed by atoms with Gasteiger partial charge in [0.1, 0.15) is 0 Å². The maximum atomic E-state index is 12.0. The van der Waals surface area contributed by atoms with E-state index in [0.29, 0.717) is 18.7 Å². The van der Waals surface area contributed by atoms with Crippen LogP contribution in [0.2, 0.25) is 0 Å². The molecule has 0 aromatic heterocycles. The van der Waals surface area contributed by atoms with Gasteiger partial charge in [-0.25, -0.2) is 0 Å². The highest BCUT2D eigenvalue weighted by Crippen LogP contribution is 2.28. The van der Waals surface area contributed by atoms with E-state index >= 15 is 0 Å². The molecule has 1 aliphatic rings. The lowest BCUT2D eigenvalue weighted by molar-refractivity contribution is -0.121. The Kier molecular flexibility index (Phi) is 4.43. The van der Waals surface area contributed by atoms with Crippen molar-refractivity contribution in [3.63, 3.8) is 0 Å². The molecule has 1 aromatic carbocycles. The number of amides is 1. The molecule has 1 aromatic rings. The molecule has 19 heavy (non-hydrogen) atoms. The molecule has 1 amide bonds. The number of hydrogen-bond donors (Lipinski definition) is 2. The number of carbonyl (C=O) groups is 1. The van der Waals surface area contributed by atoms with Gasteiger partial charge in [-0.2, -0.15) is 0 Å². The van der Waals surface area contributed by atoms with Crippen molar-refractivity contribution in [2.45, 2.75) is 26.2 Å². The molecular formula is C15H22N2O2. The standard InChI is InChI=1S/C15H22N2O2/c1-15(6-8-19-9-7-15)11-17-14(18)10-12-4-2-3-5-13(12)16/h2-5H,6-11,16H2,1H3,(H,17,18). The van der Waals surface area contributed by atoms with Crippen LogP contribution in [0, 0.1) is 5.41 Å². The van der Waals surface area contributed by atoms with Crippen LogP contribution in [0.25, 0.3) is 0 Å². The number of nitrogens with two attached hydrogens (primary N) is 1. The number of carbonyl (C=O) groups excluding carboxylic acids is 1. The highest BCUT2D eigenvalue weighted by Gasteiger charge is 2.27. The van der Waals surface area contributed by atoms with E-state index in [2.05, 4.69) is 12.2 Å². The first kappa shape index (κ1) is 13.9. The normalized spacial score (nSPS) is 17.9. The van der Waals surface area contributed by atoms with Crippen molar-refractivity contribution in [3.05, 3.63) is 29.8 Å². The molecule has 3 N–H and O–H groups in total. The lowest BCUT2D eigenvalue weighted by Gasteiger charge is -2.33. The molecule has 4 nitrogen and oxygen atoms in total. The van der Waals surface area contributed by atoms with E-state index in [1.807, 2.05) is 24.3 Å². The van der Waals surface area contributed by atoms with Crippen molar-refractivity contribution in [2.75, 3.05) is 25.5 Å². The van der Waals surface area contributed by atoms with Crippen LogP contribution in [-0.2, 0) is 16.0 Å². The molecule has 0 radical (unpaired) electrons. The second-order valence-corrected chi connectivity index (χ2v) is 5.58. The van der Waals surface area contributed by atoms with Crippen LogP contribution in [0.15, 0.2) is 24.3 Å². The van der Waals surface area contributed by atoms with Crippen LogP contribution in [0.1, 0.15) is 25.3 Å². The van der Waals surface area contributed by atoms with Gasteiger partial charge in [-0.15, -0.1) is 0 Å². The van der Waals surface area contributed by atoms with Gasteiger partial charge < -0.3 is 15.8 Å². The molecule has 0 saturated carbocycles. The largest absolute Gasteiger partial charge is 0.398 e. The van der Waals surface area contributed by atoms with Crippen molar-refractivity contribution in [3.8, 4) is 0 Å². The minimum atomic E-state index is 0.0330. The highest BCUT2D eigenvalue weighted by atomic mass is 16.5. The molecule has 1 saturated heterocycles. The maximum Gasteiger partial charge on any atom is 0.224 e. The molecule has 0 unspecified atom stereocenters. The second kappa shape index (κ2) is 6.06. The predicted molar refractivity (Wildman–Crippen MR) is 75.7 cm³/mol. The summed E-state index contributed by atoms with van der Waals surface area (Å²) in [5, 5.41) is 3.02. The summed E-state index contributed by atoms with van der Waals surface area (Å²) < 4.78 is 5.35. The second-order valence-electron chi connectivity index (χ2n) is 5.58. The summed E-state index contributed by atoms with van der Waals surface area (Å²) in [5.74, 6) is 0.0330. The number of benzene rings is 1. The lowest BCUT2D eigenvalue weighted by atomic mass is 9.82. The van der Waals surface area contributed by atoms with E-state index in [9.17, 15) is 4.79 Å². The Morgan fingerprint density at radius 2 is 2.05 bits per heavy atom. The van der Waals surface area contributed by atoms with E-state index in [-0.39, 0.29) is 11.3 Å². The van der Waals surface area contributed by atoms with Crippen LogP contribution in [0.3, 0.4) is 0 Å². The molecule has 1 heterocycles. The number of nitrogen functional groups attached to an aromatic ring is 1. The number of anilines is 1. The third-order valence-electron chi connectivity index (χ3n) is 3.82. The van der Waals surface area contributed by atoms with E-state index in [1.165, 1.54) is 0 Å². The van der Waals surface area contributed by atoms with Gasteiger partial charge >= 0.3 is 0 Å². The van der Waals surface area contributed by atoms with Crippen molar-refractivity contribution < 1.29 is 9.53 Å². The first-order chi connectivity index (χ1) is 9.09. The van der Waals surface area contributed by atoms with Crippen molar-refractivity contribution >= 4 is 11.6 Å². The van der Waals surface area contributed by atoms with Crippen LogP contribution < -0.4 is 11.1 Å². The quantitative estimate of drug-likeness (QED) is 0.812. The Hall–Kier alpha value is -1.55. The van der Waals surface area contributed by atoms with E-state index in [1.54, 1.807) is 0 Å². The first-order valence-electron chi connectivity index (χ1n) is 6.77. The molecular weight excluding hydrogens is 240 g/mol. The molecule has 4 heteroatoms. The predicted octanol–water partition coefficient (Wildman–Crippen LogP) is 1.74. The fourth-order valence-corrected chi connectivity index (χ4v) is 2.28. The van der Waals surface area contributed by atoms with Gasteiger partial charge in [0.2, 0.25) is 5.91 Å². The van der Waals surface area contributed by atoms with Gasteiger partial charge in [0.05, 0.1) is 6.42 Å². The Balaban J connectivity index is 1.83. The first-order valence-corrected chi connectivity index (χ1v) is 6.77. The number of ether oxygens (including phenoxy) is 1. The summed E-state index contributed by atoms with van der Waals surface area (Å²) in [6.45, 7) is 4.49. The van der Waals surface area contributed by atoms with Crippen LogP contribution in [0.4, 0.5) is 5.69 Å². The third kappa shape index (κ3) is 3.96. The topological polar surface area (TPSA) is 64.4 Å². The fraction of sp³-hybridized carbons (Fsp3) is 0.533. The average molecular weight is 262 g/mol. The molecule has 0 spiro atoms. The number of hydrogen-bond acceptors (Lipinski definition) is 3. The minimum Gasteiger partial charge on any atom is -0.398 e. The van der Waals surface area contributed by atoms with Crippen LogP contribution >= 0.6 is 0 Å². The summed E-state index contributed by atoms with van der Waals surface area (Å²) in [7, 11) is 0. The van der Waals surface area contributed by atoms with Crippen LogP contribution in [-0.4, -0.2) is 25.7 Å². The minimum absolute atomic E-state index is 0.0330. The molecule has 2 rings (SSSR count). The zero-order chi connectivity index (χ0) is 13.7. The zero-order valence-corrected chi connectivity index (χ0v) is 11.4. The van der Waals surface area contributed by atoms with Crippen LogP contribution in [0.5, 0.6) is 0 Å². The molecule has 104 valence electrons. The number of para-hydroxylation sites is 1. The zero-order valence-electron chi connectivity index (χ0n) is 11.4. The molecule has 1 aliphatic heterocycles. The molecule has 0 bridgehead atoms. The van der Waals surface area contributed by atoms with E-state index < -0.39 is 0 Å². The summed E-state index contributed by atoms with van der Waals surface area (Å²) in [4.78, 5) is 12.0. The Bertz CT molecular complexity index is 440. The van der Waals surface area contributed by atoms with Gasteiger partial charge in [-0.1, -0.05) is 25.1 Å². The number of rotatable bonds is 4. The van der Waals surface area contributed by atoms with E-state index in [4.69, 9.17) is 10.5 Å². The summed E-state index contributed by atoms with van der Waals surface area (Å²) in [6, 6.07) is 7.49. The highest BCUT2D eigenvalue weighted by molar-refractivity contribution is 5.80. The average Bonchev–Trinajstić information content (AvgIpc) is 2.40. The third-order valence-corrected chi connectivity index (χ3v) is 3.82. The van der Waals surface area contributed by atoms with Crippen molar-refractivity contribution in [2.24, 2.45) is 5.41 Å². The Morgan fingerprint density at radius 1 is 1.37 bits per heavy atom. The number of nitrogens with one attached hydrogen (secondary N) is 1. The van der Waals surface area contributed by atoms with Gasteiger partial charge in [0.25, 0.3) is 0 Å². The van der Waals surface area contributed by atoms with Gasteiger partial charge in [0.15, 0.2) is 0 Å². The SMILES string of the molecule is CC1(CNC(=O)Cc2ccccc2N)CCOCC1. The fourth-order valence-electron chi connectivity index (χ4n) is 2.28. The monoisotopic (exact) mass is 262 g/mol. The molecule has 1 fully saturated rings. The molecule has 0 atom stereocenters.